The molecular formula is C24H27N5O. The maximum absolute atomic E-state index is 5.85. The molecule has 1 N–H and O–H groups in total. The van der Waals surface area contributed by atoms with Crippen LogP contribution in [0.3, 0.4) is 0 Å². The van der Waals surface area contributed by atoms with E-state index in [1.807, 2.05) is 26.2 Å². The lowest BCUT2D eigenvalue weighted by atomic mass is 10.0. The molecular weight excluding hydrogens is 374 g/mol. The van der Waals surface area contributed by atoms with Gasteiger partial charge in [-0.2, -0.15) is 0 Å². The molecule has 0 bridgehead atoms. The van der Waals surface area contributed by atoms with E-state index in [0.717, 1.165) is 59.8 Å². The number of likely N-dealkylation sites (N-methyl/N-ethyl adjacent to an activating group) is 1. The van der Waals surface area contributed by atoms with E-state index < -0.39 is 0 Å². The molecule has 3 aromatic heterocycles. The van der Waals surface area contributed by atoms with Gasteiger partial charge in [-0.05, 0) is 57.1 Å². The van der Waals surface area contributed by atoms with Gasteiger partial charge in [-0.3, -0.25) is 0 Å². The number of pyridine rings is 1. The van der Waals surface area contributed by atoms with Gasteiger partial charge in [-0.25, -0.2) is 9.97 Å². The minimum absolute atomic E-state index is 0.636. The molecule has 0 amide bonds. The number of aryl methyl sites for hydroxylation is 3. The second-order valence-corrected chi connectivity index (χ2v) is 8.27. The minimum atomic E-state index is 0.636. The van der Waals surface area contributed by atoms with Crippen molar-refractivity contribution >= 4 is 16.7 Å². The normalized spacial score (nSPS) is 15.3. The van der Waals surface area contributed by atoms with E-state index in [1.54, 1.807) is 0 Å². The summed E-state index contributed by atoms with van der Waals surface area (Å²) in [6.07, 6.45) is 3.85. The quantitative estimate of drug-likeness (QED) is 0.545. The van der Waals surface area contributed by atoms with Crippen molar-refractivity contribution in [3.63, 3.8) is 0 Å². The van der Waals surface area contributed by atoms with Crippen LogP contribution in [0.4, 0.5) is 5.69 Å². The summed E-state index contributed by atoms with van der Waals surface area (Å²) in [5.41, 5.74) is 7.59. The summed E-state index contributed by atoms with van der Waals surface area (Å²) < 4.78 is 5.85. The largest absolute Gasteiger partial charge is 0.441 e. The molecule has 0 radical (unpaired) electrons. The van der Waals surface area contributed by atoms with Gasteiger partial charge >= 0.3 is 0 Å². The van der Waals surface area contributed by atoms with E-state index >= 15 is 0 Å². The van der Waals surface area contributed by atoms with Gasteiger partial charge < -0.3 is 19.2 Å². The monoisotopic (exact) mass is 401 g/mol. The number of hydrogen-bond acceptors (Lipinski definition) is 5. The van der Waals surface area contributed by atoms with E-state index in [9.17, 15) is 0 Å². The molecule has 0 atom stereocenters. The molecule has 0 saturated carbocycles. The molecule has 5 rings (SSSR count). The second kappa shape index (κ2) is 7.29. The highest BCUT2D eigenvalue weighted by atomic mass is 16.4. The van der Waals surface area contributed by atoms with Crippen molar-refractivity contribution in [2.75, 3.05) is 38.1 Å². The Bertz CT molecular complexity index is 1190. The third-order valence-electron chi connectivity index (χ3n) is 6.16. The van der Waals surface area contributed by atoms with Crippen molar-refractivity contribution in [1.29, 1.82) is 0 Å². The van der Waals surface area contributed by atoms with Crippen molar-refractivity contribution in [3.05, 3.63) is 53.7 Å². The molecule has 30 heavy (non-hydrogen) atoms. The molecule has 0 unspecified atom stereocenters. The number of fused-ring (bicyclic) bond motifs is 1. The number of anilines is 1. The van der Waals surface area contributed by atoms with Crippen LogP contribution in [-0.2, 0) is 0 Å². The third-order valence-corrected chi connectivity index (χ3v) is 6.16. The first kappa shape index (κ1) is 18.9. The highest BCUT2D eigenvalue weighted by molar-refractivity contribution is 5.94. The number of benzene rings is 1. The van der Waals surface area contributed by atoms with E-state index in [0.29, 0.717) is 5.89 Å². The fraction of sp³-hybridized carbons (Fsp3) is 0.333. The van der Waals surface area contributed by atoms with Crippen LogP contribution in [-0.4, -0.2) is 53.1 Å². The Labute approximate surface area is 176 Å². The topological polar surface area (TPSA) is 61.2 Å². The highest BCUT2D eigenvalue weighted by Gasteiger charge is 2.17. The number of piperazine rings is 1. The van der Waals surface area contributed by atoms with Crippen molar-refractivity contribution in [1.82, 2.24) is 19.9 Å². The molecule has 1 saturated heterocycles. The number of aromatic amines is 1. The molecule has 1 aromatic carbocycles. The van der Waals surface area contributed by atoms with Gasteiger partial charge in [0.2, 0.25) is 5.89 Å². The lowest BCUT2D eigenvalue weighted by molar-refractivity contribution is 0.312. The van der Waals surface area contributed by atoms with Crippen LogP contribution in [0.15, 0.2) is 41.1 Å². The van der Waals surface area contributed by atoms with Gasteiger partial charge in [0, 0.05) is 55.2 Å². The summed E-state index contributed by atoms with van der Waals surface area (Å²) in [6, 6.07) is 8.89. The molecule has 0 aliphatic carbocycles. The maximum atomic E-state index is 5.85. The van der Waals surface area contributed by atoms with Crippen molar-refractivity contribution in [2.45, 2.75) is 20.8 Å². The van der Waals surface area contributed by atoms with Gasteiger partial charge in [0.15, 0.2) is 0 Å². The van der Waals surface area contributed by atoms with Gasteiger partial charge in [0.1, 0.15) is 11.4 Å². The number of rotatable bonds is 3. The number of H-pyrrole nitrogens is 1. The van der Waals surface area contributed by atoms with Gasteiger partial charge in [0.05, 0.1) is 11.3 Å². The van der Waals surface area contributed by atoms with Crippen molar-refractivity contribution in [3.8, 4) is 22.6 Å². The lowest BCUT2D eigenvalue weighted by Crippen LogP contribution is -2.44. The molecule has 1 fully saturated rings. The van der Waals surface area contributed by atoms with Gasteiger partial charge in [0.25, 0.3) is 0 Å². The van der Waals surface area contributed by atoms with Crippen LogP contribution in [0, 0.1) is 20.8 Å². The number of nitrogens with one attached hydrogen (secondary N) is 1. The Hall–Kier alpha value is -3.12. The molecule has 4 aromatic rings. The average Bonchev–Trinajstić information content (AvgIpc) is 3.31. The molecule has 1 aliphatic rings. The molecule has 0 spiro atoms. The first-order valence-electron chi connectivity index (χ1n) is 10.5. The summed E-state index contributed by atoms with van der Waals surface area (Å²) in [4.78, 5) is 17.3. The zero-order chi connectivity index (χ0) is 20.8. The van der Waals surface area contributed by atoms with Crippen LogP contribution < -0.4 is 4.90 Å². The highest BCUT2D eigenvalue weighted by Crippen LogP contribution is 2.33. The Morgan fingerprint density at radius 3 is 2.50 bits per heavy atom. The first-order valence-corrected chi connectivity index (χ1v) is 10.5. The van der Waals surface area contributed by atoms with Crippen LogP contribution >= 0.6 is 0 Å². The number of hydrogen-bond donors (Lipinski definition) is 1. The van der Waals surface area contributed by atoms with Crippen LogP contribution in [0.25, 0.3) is 33.6 Å². The maximum Gasteiger partial charge on any atom is 0.228 e. The Balaban J connectivity index is 1.50. The van der Waals surface area contributed by atoms with Crippen molar-refractivity contribution < 1.29 is 4.42 Å². The van der Waals surface area contributed by atoms with E-state index in [1.165, 1.54) is 16.8 Å². The average molecular weight is 402 g/mol. The fourth-order valence-electron chi connectivity index (χ4n) is 4.16. The standard InChI is InChI=1S/C24H27N5O/c1-15-11-18(5-6-22(15)29-9-7-28(4)8-10-29)19-12-20-21(14-26-23(20)25-13-19)24-27-16(2)17(3)30-24/h5-6,11-14H,7-10H2,1-4H3,(H,25,26). The number of aromatic nitrogens is 3. The molecule has 4 heterocycles. The first-order chi connectivity index (χ1) is 14.5. The zero-order valence-electron chi connectivity index (χ0n) is 18.0. The number of nitrogens with zero attached hydrogens (tertiary/aromatic N) is 4. The second-order valence-electron chi connectivity index (χ2n) is 8.27. The van der Waals surface area contributed by atoms with E-state index in [-0.39, 0.29) is 0 Å². The van der Waals surface area contributed by atoms with Crippen LogP contribution in [0.1, 0.15) is 17.0 Å². The molecule has 1 aliphatic heterocycles. The molecule has 154 valence electrons. The lowest BCUT2D eigenvalue weighted by Gasteiger charge is -2.35. The Morgan fingerprint density at radius 1 is 1.00 bits per heavy atom. The predicted octanol–water partition coefficient (Wildman–Crippen LogP) is 4.56. The third kappa shape index (κ3) is 3.27. The van der Waals surface area contributed by atoms with E-state index in [2.05, 4.69) is 63.0 Å². The zero-order valence-corrected chi connectivity index (χ0v) is 18.0. The SMILES string of the molecule is Cc1cc(-c2cnc3[nH]cc(-c4nc(C)c(C)o4)c3c2)ccc1N1CCN(C)CC1. The van der Waals surface area contributed by atoms with E-state index in [4.69, 9.17) is 4.42 Å². The summed E-state index contributed by atoms with van der Waals surface area (Å²) in [5, 5.41) is 1.02. The fourth-order valence-corrected chi connectivity index (χ4v) is 4.16. The molecule has 6 heteroatoms. The summed E-state index contributed by atoms with van der Waals surface area (Å²) in [7, 11) is 2.19. The van der Waals surface area contributed by atoms with Crippen LogP contribution in [0.2, 0.25) is 0 Å². The van der Waals surface area contributed by atoms with Crippen LogP contribution in [0.5, 0.6) is 0 Å². The summed E-state index contributed by atoms with van der Waals surface area (Å²) >= 11 is 0. The molecule has 6 nitrogen and oxygen atoms in total. The Kier molecular flexibility index (Phi) is 4.59. The predicted molar refractivity (Wildman–Crippen MR) is 121 cm³/mol. The number of oxazole rings is 1. The van der Waals surface area contributed by atoms with Gasteiger partial charge in [-0.15, -0.1) is 0 Å². The van der Waals surface area contributed by atoms with Gasteiger partial charge in [-0.1, -0.05) is 6.07 Å². The smallest absolute Gasteiger partial charge is 0.228 e. The van der Waals surface area contributed by atoms with Crippen molar-refractivity contribution in [2.24, 2.45) is 0 Å². The summed E-state index contributed by atoms with van der Waals surface area (Å²) in [6.45, 7) is 10.5. The minimum Gasteiger partial charge on any atom is -0.441 e. The summed E-state index contributed by atoms with van der Waals surface area (Å²) in [5.74, 6) is 1.48. The Morgan fingerprint density at radius 2 is 1.80 bits per heavy atom.